The second-order valence-electron chi connectivity index (χ2n) is 8.55. The number of amides is 1. The molecule has 0 saturated carbocycles. The first kappa shape index (κ1) is 22.0. The molecule has 152 valence electrons. The Morgan fingerprint density at radius 2 is 1.93 bits per heavy atom. The highest BCUT2D eigenvalue weighted by Crippen LogP contribution is 2.26. The Morgan fingerprint density at radius 3 is 2.59 bits per heavy atom. The maximum Gasteiger partial charge on any atom is 0.263 e. The second-order valence-corrected chi connectivity index (χ2v) is 8.55. The molecule has 1 amide bonds. The Kier molecular flexibility index (Phi) is 7.55. The van der Waals surface area contributed by atoms with Crippen molar-refractivity contribution >= 4 is 18.3 Å². The van der Waals surface area contributed by atoms with Crippen molar-refractivity contribution in [3.63, 3.8) is 0 Å². The first-order valence-electron chi connectivity index (χ1n) is 9.85. The molecule has 2 unspecified atom stereocenters. The molecule has 2 aliphatic heterocycles. The minimum absolute atomic E-state index is 0. The van der Waals surface area contributed by atoms with E-state index in [1.54, 1.807) is 0 Å². The maximum absolute atomic E-state index is 12.8. The van der Waals surface area contributed by atoms with Crippen LogP contribution < -0.4 is 10.1 Å². The van der Waals surface area contributed by atoms with E-state index in [0.29, 0.717) is 6.04 Å². The molecular weight excluding hydrogens is 362 g/mol. The van der Waals surface area contributed by atoms with Crippen LogP contribution in [0.1, 0.15) is 39.7 Å². The fraction of sp³-hybridized carbons (Fsp3) is 0.667. The normalized spacial score (nSPS) is 22.2. The number of piperazine rings is 1. The molecule has 2 atom stereocenters. The van der Waals surface area contributed by atoms with Crippen LogP contribution in [0.25, 0.3) is 0 Å². The van der Waals surface area contributed by atoms with Crippen molar-refractivity contribution in [3.8, 4) is 5.75 Å². The van der Waals surface area contributed by atoms with Gasteiger partial charge in [0, 0.05) is 45.3 Å². The monoisotopic (exact) mass is 395 g/mol. The summed E-state index contributed by atoms with van der Waals surface area (Å²) in [7, 11) is 0. The van der Waals surface area contributed by atoms with Gasteiger partial charge in [-0.15, -0.1) is 12.4 Å². The zero-order valence-electron chi connectivity index (χ0n) is 17.0. The molecule has 0 bridgehead atoms. The van der Waals surface area contributed by atoms with Gasteiger partial charge in [-0.1, -0.05) is 32.9 Å². The maximum atomic E-state index is 12.8. The van der Waals surface area contributed by atoms with E-state index in [1.807, 2.05) is 24.0 Å². The SMILES string of the molecule is CC(Oc1cccc(C(C)(C)C)c1)C(=O)N1CCC(N2CCNCC2)C1.Cl. The van der Waals surface area contributed by atoms with Gasteiger partial charge in [-0.05, 0) is 36.5 Å². The van der Waals surface area contributed by atoms with Crippen LogP contribution in [-0.4, -0.2) is 67.1 Å². The Morgan fingerprint density at radius 1 is 1.22 bits per heavy atom. The number of benzene rings is 1. The lowest BCUT2D eigenvalue weighted by Crippen LogP contribution is -2.50. The minimum atomic E-state index is -0.452. The van der Waals surface area contributed by atoms with Crippen LogP contribution in [0.5, 0.6) is 5.75 Å². The zero-order valence-corrected chi connectivity index (χ0v) is 17.8. The summed E-state index contributed by atoms with van der Waals surface area (Å²) in [6.45, 7) is 14.3. The largest absolute Gasteiger partial charge is 0.481 e. The van der Waals surface area contributed by atoms with Crippen LogP contribution >= 0.6 is 12.4 Å². The molecule has 0 aliphatic carbocycles. The second kappa shape index (κ2) is 9.26. The van der Waals surface area contributed by atoms with Gasteiger partial charge in [0.15, 0.2) is 6.10 Å². The van der Waals surface area contributed by atoms with E-state index in [0.717, 1.165) is 51.4 Å². The third-order valence-electron chi connectivity index (χ3n) is 5.50. The zero-order chi connectivity index (χ0) is 18.7. The van der Waals surface area contributed by atoms with Crippen LogP contribution in [0.2, 0.25) is 0 Å². The van der Waals surface area contributed by atoms with E-state index in [1.165, 1.54) is 5.56 Å². The van der Waals surface area contributed by atoms with Gasteiger partial charge in [0.1, 0.15) is 5.75 Å². The van der Waals surface area contributed by atoms with Gasteiger partial charge in [0.2, 0.25) is 0 Å². The summed E-state index contributed by atoms with van der Waals surface area (Å²) in [5, 5.41) is 3.39. The van der Waals surface area contributed by atoms with Gasteiger partial charge in [0.05, 0.1) is 0 Å². The number of nitrogens with one attached hydrogen (secondary N) is 1. The molecule has 0 radical (unpaired) electrons. The number of ether oxygens (including phenoxy) is 1. The summed E-state index contributed by atoms with van der Waals surface area (Å²) >= 11 is 0. The highest BCUT2D eigenvalue weighted by atomic mass is 35.5. The third-order valence-corrected chi connectivity index (χ3v) is 5.50. The lowest BCUT2D eigenvalue weighted by molar-refractivity contribution is -0.137. The molecule has 2 fully saturated rings. The summed E-state index contributed by atoms with van der Waals surface area (Å²) < 4.78 is 5.99. The van der Waals surface area contributed by atoms with Gasteiger partial charge in [-0.25, -0.2) is 0 Å². The molecule has 3 rings (SSSR count). The highest BCUT2D eigenvalue weighted by molar-refractivity contribution is 5.85. The standard InChI is InChI=1S/C21H33N3O2.ClH/c1-16(26-19-7-5-6-17(14-19)21(2,3)4)20(25)24-11-8-18(15-24)23-12-9-22-10-13-23;/h5-7,14,16,18,22H,8-13,15H2,1-4H3;1H. The van der Waals surface area contributed by atoms with E-state index in [2.05, 4.69) is 43.1 Å². The summed E-state index contributed by atoms with van der Waals surface area (Å²) in [5.41, 5.74) is 1.28. The third kappa shape index (κ3) is 5.59. The summed E-state index contributed by atoms with van der Waals surface area (Å²) in [4.78, 5) is 17.3. The van der Waals surface area contributed by atoms with Gasteiger partial charge in [-0.2, -0.15) is 0 Å². The molecule has 6 heteroatoms. The van der Waals surface area contributed by atoms with Crippen LogP contribution in [0.4, 0.5) is 0 Å². The Hall–Kier alpha value is -1.30. The van der Waals surface area contributed by atoms with E-state index in [-0.39, 0.29) is 23.7 Å². The smallest absolute Gasteiger partial charge is 0.263 e. The molecule has 1 aromatic carbocycles. The van der Waals surface area contributed by atoms with Crippen molar-refractivity contribution in [1.82, 2.24) is 15.1 Å². The predicted molar refractivity (Wildman–Crippen MR) is 112 cm³/mol. The highest BCUT2D eigenvalue weighted by Gasteiger charge is 2.33. The lowest BCUT2D eigenvalue weighted by atomic mass is 9.87. The van der Waals surface area contributed by atoms with Crippen molar-refractivity contribution < 1.29 is 9.53 Å². The van der Waals surface area contributed by atoms with E-state index in [4.69, 9.17) is 4.74 Å². The predicted octanol–water partition coefficient (Wildman–Crippen LogP) is 2.68. The van der Waals surface area contributed by atoms with Crippen LogP contribution in [0.3, 0.4) is 0 Å². The Bertz CT molecular complexity index is 626. The average Bonchev–Trinajstić information content (AvgIpc) is 3.11. The first-order chi connectivity index (χ1) is 12.3. The first-order valence-corrected chi connectivity index (χ1v) is 9.85. The van der Waals surface area contributed by atoms with Gasteiger partial charge in [0.25, 0.3) is 5.91 Å². The average molecular weight is 396 g/mol. The van der Waals surface area contributed by atoms with Crippen LogP contribution in [0, 0.1) is 0 Å². The summed E-state index contributed by atoms with van der Waals surface area (Å²) in [5.74, 6) is 0.875. The van der Waals surface area contributed by atoms with Crippen molar-refractivity contribution in [2.45, 2.75) is 51.7 Å². The number of carbonyl (C=O) groups is 1. The van der Waals surface area contributed by atoms with E-state index < -0.39 is 6.10 Å². The Balaban J connectivity index is 0.00000261. The molecule has 27 heavy (non-hydrogen) atoms. The van der Waals surface area contributed by atoms with Gasteiger partial charge >= 0.3 is 0 Å². The summed E-state index contributed by atoms with van der Waals surface area (Å²) in [6, 6.07) is 8.60. The molecule has 0 spiro atoms. The minimum Gasteiger partial charge on any atom is -0.481 e. The van der Waals surface area contributed by atoms with Crippen LogP contribution in [0.15, 0.2) is 24.3 Å². The van der Waals surface area contributed by atoms with Crippen LogP contribution in [-0.2, 0) is 10.2 Å². The van der Waals surface area contributed by atoms with E-state index >= 15 is 0 Å². The van der Waals surface area contributed by atoms with Gasteiger partial charge < -0.3 is 15.0 Å². The molecule has 2 saturated heterocycles. The number of nitrogens with zero attached hydrogens (tertiary/aromatic N) is 2. The van der Waals surface area contributed by atoms with Crippen molar-refractivity contribution in [2.75, 3.05) is 39.3 Å². The fourth-order valence-electron chi connectivity index (χ4n) is 3.83. The number of hydrogen-bond donors (Lipinski definition) is 1. The van der Waals surface area contributed by atoms with Crippen molar-refractivity contribution in [2.24, 2.45) is 0 Å². The number of hydrogen-bond acceptors (Lipinski definition) is 4. The molecule has 0 aromatic heterocycles. The summed E-state index contributed by atoms with van der Waals surface area (Å²) in [6.07, 6.45) is 0.616. The van der Waals surface area contributed by atoms with E-state index in [9.17, 15) is 4.79 Å². The molecule has 2 aliphatic rings. The Labute approximate surface area is 169 Å². The lowest BCUT2D eigenvalue weighted by Gasteiger charge is -2.32. The number of likely N-dealkylation sites (tertiary alicyclic amines) is 1. The molecule has 5 nitrogen and oxygen atoms in total. The van der Waals surface area contributed by atoms with Crippen molar-refractivity contribution in [1.29, 1.82) is 0 Å². The molecule has 1 aromatic rings. The number of rotatable bonds is 4. The number of carbonyl (C=O) groups excluding carboxylic acids is 1. The fourth-order valence-corrected chi connectivity index (χ4v) is 3.83. The number of halogens is 1. The topological polar surface area (TPSA) is 44.8 Å². The quantitative estimate of drug-likeness (QED) is 0.851. The van der Waals surface area contributed by atoms with Gasteiger partial charge in [-0.3, -0.25) is 9.69 Å². The molecule has 2 heterocycles. The molecule has 1 N–H and O–H groups in total. The van der Waals surface area contributed by atoms with Crippen molar-refractivity contribution in [3.05, 3.63) is 29.8 Å². The molecular formula is C21H34ClN3O2.